The van der Waals surface area contributed by atoms with E-state index in [1.165, 1.54) is 0 Å². The molecule has 7 heteroatoms. The standard InChI is InChI=1S/C29H31Cl2NO4/c1-28(2,34)29(36-18-20-13-15-35-17-20)14-3-4-24-25(29)26(21-7-11-23(31)12-8-21)32(27(24)33)16-19-5-9-22(30)10-6-19/h3-12,14,20,25-26,34H,13,15-18H2,1-2H3/t20?,25?,26-,29?/m0/s1. The van der Waals surface area contributed by atoms with E-state index in [1.807, 2.05) is 71.7 Å². The van der Waals surface area contributed by atoms with E-state index in [0.717, 1.165) is 17.5 Å². The van der Waals surface area contributed by atoms with Crippen LogP contribution < -0.4 is 0 Å². The van der Waals surface area contributed by atoms with Gasteiger partial charge in [0.1, 0.15) is 5.60 Å². The highest BCUT2D eigenvalue weighted by Gasteiger charge is 2.61. The Hall–Kier alpha value is -2.15. The fraction of sp³-hybridized carbons (Fsp3) is 0.414. The Balaban J connectivity index is 1.60. The van der Waals surface area contributed by atoms with Crippen LogP contribution in [0.15, 0.2) is 72.3 Å². The molecule has 3 aliphatic rings. The number of ether oxygens (including phenoxy) is 2. The van der Waals surface area contributed by atoms with Gasteiger partial charge in [0, 0.05) is 40.6 Å². The molecule has 0 spiro atoms. The first-order valence-corrected chi connectivity index (χ1v) is 13.1. The molecule has 1 aliphatic carbocycles. The van der Waals surface area contributed by atoms with Crippen molar-refractivity contribution in [1.82, 2.24) is 4.90 Å². The number of carbonyl (C=O) groups excluding carboxylic acids is 1. The summed E-state index contributed by atoms with van der Waals surface area (Å²) in [6, 6.07) is 14.7. The molecule has 2 fully saturated rings. The third-order valence-corrected chi connectivity index (χ3v) is 8.10. The molecule has 1 N–H and O–H groups in total. The molecule has 0 aromatic heterocycles. The third-order valence-electron chi connectivity index (χ3n) is 7.59. The Morgan fingerprint density at radius 1 is 1.11 bits per heavy atom. The number of allylic oxidation sites excluding steroid dienone is 2. The molecule has 2 saturated heterocycles. The fourth-order valence-electron chi connectivity index (χ4n) is 5.67. The molecule has 2 aliphatic heterocycles. The van der Waals surface area contributed by atoms with E-state index < -0.39 is 17.1 Å². The first-order chi connectivity index (χ1) is 17.2. The zero-order valence-corrected chi connectivity index (χ0v) is 22.0. The van der Waals surface area contributed by atoms with Crippen LogP contribution in [0.4, 0.5) is 0 Å². The van der Waals surface area contributed by atoms with Crippen LogP contribution in [-0.2, 0) is 20.8 Å². The Bertz CT molecular complexity index is 1160. The number of fused-ring (bicyclic) bond motifs is 1. The third kappa shape index (κ3) is 4.64. The van der Waals surface area contributed by atoms with E-state index >= 15 is 0 Å². The van der Waals surface area contributed by atoms with Crippen molar-refractivity contribution in [1.29, 1.82) is 0 Å². The lowest BCUT2D eigenvalue weighted by molar-refractivity contribution is -0.174. The summed E-state index contributed by atoms with van der Waals surface area (Å²) in [5.41, 5.74) is 0.155. The number of likely N-dealkylation sites (tertiary alicyclic amines) is 1. The lowest BCUT2D eigenvalue weighted by Gasteiger charge is -2.49. The summed E-state index contributed by atoms with van der Waals surface area (Å²) in [6.07, 6.45) is 6.56. The predicted molar refractivity (Wildman–Crippen MR) is 141 cm³/mol. The van der Waals surface area contributed by atoms with Crippen molar-refractivity contribution in [3.05, 3.63) is 93.5 Å². The maximum absolute atomic E-state index is 14.0. The normalized spacial score (nSPS) is 27.9. The number of aliphatic hydroxyl groups is 1. The minimum atomic E-state index is -1.27. The molecule has 190 valence electrons. The maximum Gasteiger partial charge on any atom is 0.251 e. The summed E-state index contributed by atoms with van der Waals surface area (Å²) in [4.78, 5) is 15.8. The molecule has 2 aromatic carbocycles. The molecular weight excluding hydrogens is 497 g/mol. The molecule has 5 rings (SSSR count). The second-order valence-electron chi connectivity index (χ2n) is 10.4. The lowest BCUT2D eigenvalue weighted by atomic mass is 9.67. The van der Waals surface area contributed by atoms with Crippen molar-refractivity contribution in [2.24, 2.45) is 11.8 Å². The summed E-state index contributed by atoms with van der Waals surface area (Å²) >= 11 is 12.3. The van der Waals surface area contributed by atoms with Gasteiger partial charge in [-0.25, -0.2) is 0 Å². The van der Waals surface area contributed by atoms with Crippen LogP contribution in [0.25, 0.3) is 0 Å². The van der Waals surface area contributed by atoms with E-state index in [4.69, 9.17) is 32.7 Å². The predicted octanol–water partition coefficient (Wildman–Crippen LogP) is 5.75. The van der Waals surface area contributed by atoms with Gasteiger partial charge in [-0.15, -0.1) is 0 Å². The minimum absolute atomic E-state index is 0.0688. The van der Waals surface area contributed by atoms with Gasteiger partial charge in [0.2, 0.25) is 0 Å². The van der Waals surface area contributed by atoms with Crippen molar-refractivity contribution in [3.8, 4) is 0 Å². The Labute approximate surface area is 222 Å². The molecule has 0 radical (unpaired) electrons. The quantitative estimate of drug-likeness (QED) is 0.497. The Morgan fingerprint density at radius 3 is 2.39 bits per heavy atom. The second kappa shape index (κ2) is 9.96. The van der Waals surface area contributed by atoms with Crippen LogP contribution in [0, 0.1) is 11.8 Å². The monoisotopic (exact) mass is 527 g/mol. The van der Waals surface area contributed by atoms with Crippen molar-refractivity contribution in [2.75, 3.05) is 19.8 Å². The van der Waals surface area contributed by atoms with Crippen LogP contribution >= 0.6 is 23.2 Å². The van der Waals surface area contributed by atoms with Crippen LogP contribution in [0.5, 0.6) is 0 Å². The molecule has 5 nitrogen and oxygen atoms in total. The number of hydrogen-bond acceptors (Lipinski definition) is 4. The van der Waals surface area contributed by atoms with Crippen LogP contribution in [0.1, 0.15) is 37.4 Å². The number of carbonyl (C=O) groups is 1. The molecule has 1 amide bonds. The first-order valence-electron chi connectivity index (χ1n) is 12.3. The largest absolute Gasteiger partial charge is 0.387 e. The van der Waals surface area contributed by atoms with Gasteiger partial charge in [0.25, 0.3) is 5.91 Å². The number of amides is 1. The van der Waals surface area contributed by atoms with Crippen molar-refractivity contribution in [3.63, 3.8) is 0 Å². The molecule has 3 unspecified atom stereocenters. The highest BCUT2D eigenvalue weighted by molar-refractivity contribution is 6.30. The molecule has 2 aromatic rings. The number of benzene rings is 2. The summed E-state index contributed by atoms with van der Waals surface area (Å²) < 4.78 is 12.2. The summed E-state index contributed by atoms with van der Waals surface area (Å²) in [5.74, 6) is -0.241. The minimum Gasteiger partial charge on any atom is -0.387 e. The van der Waals surface area contributed by atoms with E-state index in [2.05, 4.69) is 0 Å². The van der Waals surface area contributed by atoms with Gasteiger partial charge in [0.15, 0.2) is 0 Å². The van der Waals surface area contributed by atoms with Gasteiger partial charge >= 0.3 is 0 Å². The fourth-order valence-corrected chi connectivity index (χ4v) is 5.92. The van der Waals surface area contributed by atoms with E-state index in [-0.39, 0.29) is 17.9 Å². The van der Waals surface area contributed by atoms with Gasteiger partial charge in [-0.05, 0) is 61.7 Å². The van der Waals surface area contributed by atoms with Gasteiger partial charge in [-0.2, -0.15) is 0 Å². The van der Waals surface area contributed by atoms with Crippen LogP contribution in [-0.4, -0.2) is 46.9 Å². The lowest BCUT2D eigenvalue weighted by Crippen LogP contribution is -2.58. The SMILES string of the molecule is CC(C)(O)C1(OCC2CCOC2)C=CC=C2C(=O)N(Cc3ccc(Cl)cc3)[C@@H](c3ccc(Cl)cc3)C21. The zero-order valence-electron chi connectivity index (χ0n) is 20.5. The van der Waals surface area contributed by atoms with Gasteiger partial charge in [0.05, 0.1) is 24.9 Å². The summed E-state index contributed by atoms with van der Waals surface area (Å²) in [7, 11) is 0. The van der Waals surface area contributed by atoms with Crippen molar-refractivity contribution >= 4 is 29.1 Å². The molecule has 36 heavy (non-hydrogen) atoms. The summed E-state index contributed by atoms with van der Waals surface area (Å²) in [6.45, 7) is 5.72. The smallest absolute Gasteiger partial charge is 0.251 e. The number of halogens is 2. The second-order valence-corrected chi connectivity index (χ2v) is 11.3. The van der Waals surface area contributed by atoms with Crippen molar-refractivity contribution < 1.29 is 19.4 Å². The van der Waals surface area contributed by atoms with E-state index in [9.17, 15) is 9.90 Å². The molecule has 4 atom stereocenters. The topological polar surface area (TPSA) is 59.0 Å². The van der Waals surface area contributed by atoms with Crippen LogP contribution in [0.2, 0.25) is 10.0 Å². The van der Waals surface area contributed by atoms with Crippen molar-refractivity contribution in [2.45, 2.75) is 44.1 Å². The summed E-state index contributed by atoms with van der Waals surface area (Å²) in [5, 5.41) is 12.9. The molecule has 2 heterocycles. The maximum atomic E-state index is 14.0. The first kappa shape index (κ1) is 25.5. The highest BCUT2D eigenvalue weighted by atomic mass is 35.5. The molecular formula is C29H31Cl2NO4. The number of rotatable bonds is 7. The highest BCUT2D eigenvalue weighted by Crippen LogP contribution is 2.54. The molecule has 0 bridgehead atoms. The number of hydrogen-bond donors (Lipinski definition) is 1. The Kier molecular flexibility index (Phi) is 7.05. The zero-order chi connectivity index (χ0) is 25.5. The average molecular weight is 528 g/mol. The van der Waals surface area contributed by atoms with Crippen LogP contribution in [0.3, 0.4) is 0 Å². The van der Waals surface area contributed by atoms with E-state index in [1.54, 1.807) is 13.8 Å². The average Bonchev–Trinajstić information content (AvgIpc) is 3.46. The van der Waals surface area contributed by atoms with Gasteiger partial charge in [-0.3, -0.25) is 4.79 Å². The number of nitrogens with zero attached hydrogens (tertiary/aromatic N) is 1. The van der Waals surface area contributed by atoms with Gasteiger partial charge in [-0.1, -0.05) is 59.6 Å². The van der Waals surface area contributed by atoms with Gasteiger partial charge < -0.3 is 19.5 Å². The van der Waals surface area contributed by atoms with E-state index in [0.29, 0.717) is 42.0 Å². The Morgan fingerprint density at radius 2 is 1.78 bits per heavy atom. The molecule has 0 saturated carbocycles.